The van der Waals surface area contributed by atoms with Crippen molar-refractivity contribution in [3.05, 3.63) is 106 Å². The Morgan fingerprint density at radius 3 is 2.48 bits per heavy atom. The number of benzene rings is 3. The van der Waals surface area contributed by atoms with Crippen LogP contribution < -0.4 is 5.32 Å². The SMILES string of the molecule is CC(=O)Nc1ccc(COS(=O)N2C=C(c3ccccc3)C3C(=O)C(=O)c4c(ccc5c4CCCC5C)C32)cc1. The summed E-state index contributed by atoms with van der Waals surface area (Å²) in [6, 6.07) is 20.0. The lowest BCUT2D eigenvalue weighted by Crippen LogP contribution is -2.40. The fraction of sp³-hybridized carbons (Fsp3) is 0.281. The van der Waals surface area contributed by atoms with E-state index in [-0.39, 0.29) is 12.5 Å². The largest absolute Gasteiger partial charge is 0.326 e. The monoisotopic (exact) mass is 554 g/mol. The molecule has 1 aliphatic heterocycles. The second-order valence-corrected chi connectivity index (χ2v) is 11.8. The van der Waals surface area contributed by atoms with Gasteiger partial charge < -0.3 is 5.32 Å². The van der Waals surface area contributed by atoms with Gasteiger partial charge in [-0.05, 0) is 70.7 Å². The van der Waals surface area contributed by atoms with Crippen LogP contribution >= 0.6 is 0 Å². The van der Waals surface area contributed by atoms with Crippen LogP contribution in [0.1, 0.15) is 76.8 Å². The molecule has 0 saturated heterocycles. The normalized spacial score (nSPS) is 22.2. The van der Waals surface area contributed by atoms with Crippen molar-refractivity contribution in [2.75, 3.05) is 5.32 Å². The number of fused-ring (bicyclic) bond motifs is 5. The van der Waals surface area contributed by atoms with E-state index >= 15 is 0 Å². The zero-order chi connectivity index (χ0) is 28.0. The first kappa shape index (κ1) is 26.3. The Balaban J connectivity index is 1.36. The molecule has 40 heavy (non-hydrogen) atoms. The molecule has 2 aliphatic carbocycles. The van der Waals surface area contributed by atoms with Crippen molar-refractivity contribution in [1.29, 1.82) is 0 Å². The quantitative estimate of drug-likeness (QED) is 0.397. The number of anilines is 1. The number of hydrogen-bond donors (Lipinski definition) is 1. The molecule has 0 aromatic heterocycles. The Morgan fingerprint density at radius 1 is 1.02 bits per heavy atom. The summed E-state index contributed by atoms with van der Waals surface area (Å²) in [6.45, 7) is 3.67. The minimum atomic E-state index is -1.94. The van der Waals surface area contributed by atoms with E-state index in [0.29, 0.717) is 22.7 Å². The maximum absolute atomic E-state index is 13.8. The second kappa shape index (κ2) is 10.6. The molecule has 0 saturated carbocycles. The minimum absolute atomic E-state index is 0.0663. The van der Waals surface area contributed by atoms with Crippen LogP contribution in [0.5, 0.6) is 0 Å². The Bertz CT molecular complexity index is 1560. The Morgan fingerprint density at radius 2 is 1.75 bits per heavy atom. The summed E-state index contributed by atoms with van der Waals surface area (Å²) >= 11 is -1.94. The van der Waals surface area contributed by atoms with E-state index < -0.39 is 34.8 Å². The molecule has 0 fully saturated rings. The van der Waals surface area contributed by atoms with Gasteiger partial charge in [-0.3, -0.25) is 22.9 Å². The lowest BCUT2D eigenvalue weighted by atomic mass is 9.70. The highest BCUT2D eigenvalue weighted by Gasteiger charge is 2.51. The molecule has 0 bridgehead atoms. The summed E-state index contributed by atoms with van der Waals surface area (Å²) in [6.07, 6.45) is 4.50. The number of carbonyl (C=O) groups excluding carboxylic acids is 3. The maximum atomic E-state index is 13.8. The molecule has 7 nitrogen and oxygen atoms in total. The smallest absolute Gasteiger partial charge is 0.264 e. The van der Waals surface area contributed by atoms with Gasteiger partial charge in [0, 0.05) is 24.4 Å². The number of carbonyl (C=O) groups is 3. The summed E-state index contributed by atoms with van der Waals surface area (Å²) in [5.74, 6) is -1.52. The molecule has 1 N–H and O–H groups in total. The Kier molecular flexibility index (Phi) is 6.98. The summed E-state index contributed by atoms with van der Waals surface area (Å²) in [5, 5.41) is 2.72. The van der Waals surface area contributed by atoms with Crippen molar-refractivity contribution < 1.29 is 22.8 Å². The molecule has 3 aromatic carbocycles. The molecular formula is C32H30N2O5S. The van der Waals surface area contributed by atoms with Gasteiger partial charge in [0.25, 0.3) is 11.3 Å². The minimum Gasteiger partial charge on any atom is -0.326 e. The number of rotatable bonds is 6. The highest BCUT2D eigenvalue weighted by molar-refractivity contribution is 7.77. The van der Waals surface area contributed by atoms with Crippen molar-refractivity contribution in [2.45, 2.75) is 51.7 Å². The van der Waals surface area contributed by atoms with E-state index in [9.17, 15) is 18.6 Å². The van der Waals surface area contributed by atoms with Crippen molar-refractivity contribution >= 4 is 40.0 Å². The summed E-state index contributed by atoms with van der Waals surface area (Å²) < 4.78 is 21.2. The summed E-state index contributed by atoms with van der Waals surface area (Å²) in [5.41, 5.74) is 6.24. The van der Waals surface area contributed by atoms with Crippen LogP contribution in [0.2, 0.25) is 0 Å². The zero-order valence-corrected chi connectivity index (χ0v) is 23.2. The first-order chi connectivity index (χ1) is 19.3. The molecule has 4 atom stereocenters. The number of hydrogen-bond acceptors (Lipinski definition) is 5. The topological polar surface area (TPSA) is 92.8 Å². The fourth-order valence-electron chi connectivity index (χ4n) is 6.24. The van der Waals surface area contributed by atoms with Crippen LogP contribution in [-0.2, 0) is 38.1 Å². The van der Waals surface area contributed by atoms with Crippen molar-refractivity contribution in [2.24, 2.45) is 5.92 Å². The van der Waals surface area contributed by atoms with E-state index in [0.717, 1.165) is 47.1 Å². The predicted molar refractivity (Wildman–Crippen MR) is 153 cm³/mol. The molecule has 0 radical (unpaired) electrons. The molecule has 8 heteroatoms. The van der Waals surface area contributed by atoms with Gasteiger partial charge in [0.2, 0.25) is 17.5 Å². The van der Waals surface area contributed by atoms with Gasteiger partial charge in [-0.2, -0.15) is 0 Å². The van der Waals surface area contributed by atoms with E-state index in [1.165, 1.54) is 6.92 Å². The molecule has 1 amide bonds. The molecule has 204 valence electrons. The number of Topliss-reactive ketones (excluding diaryl/α,β-unsaturated/α-hetero) is 2. The Labute approximate surface area is 236 Å². The van der Waals surface area contributed by atoms with Crippen molar-refractivity contribution in [3.63, 3.8) is 0 Å². The summed E-state index contributed by atoms with van der Waals surface area (Å²) in [7, 11) is 0. The van der Waals surface area contributed by atoms with Crippen LogP contribution in [0.15, 0.2) is 72.9 Å². The van der Waals surface area contributed by atoms with E-state index in [1.54, 1.807) is 34.8 Å². The average molecular weight is 555 g/mol. The van der Waals surface area contributed by atoms with Crippen LogP contribution in [0.25, 0.3) is 5.57 Å². The van der Waals surface area contributed by atoms with Crippen molar-refractivity contribution in [1.82, 2.24) is 4.31 Å². The molecule has 6 rings (SSSR count). The summed E-state index contributed by atoms with van der Waals surface area (Å²) in [4.78, 5) is 38.8. The van der Waals surface area contributed by atoms with Crippen LogP contribution in [-0.4, -0.2) is 26.0 Å². The standard InChI is InChI=1S/C32H30N2O5S/c1-19-7-6-10-25-24(19)15-16-26-28(25)31(36)32(37)29-27(22-8-4-3-5-9-22)17-34(30(26)29)40(38)39-18-21-11-13-23(14-12-21)33-20(2)35/h3-5,8-9,11-17,19,29-30H,6-7,10,18H2,1-2H3,(H,33,35). The van der Waals surface area contributed by atoms with Crippen molar-refractivity contribution in [3.8, 4) is 0 Å². The molecule has 4 unspecified atom stereocenters. The van der Waals surface area contributed by atoms with Gasteiger partial charge in [0.15, 0.2) is 0 Å². The third-order valence-corrected chi connectivity index (χ3v) is 9.10. The lowest BCUT2D eigenvalue weighted by Gasteiger charge is -2.35. The fourth-order valence-corrected chi connectivity index (χ4v) is 7.21. The van der Waals surface area contributed by atoms with Crippen LogP contribution in [0.4, 0.5) is 5.69 Å². The Hall–Kier alpha value is -3.88. The second-order valence-electron chi connectivity index (χ2n) is 10.7. The van der Waals surface area contributed by atoms with E-state index in [1.807, 2.05) is 36.4 Å². The molecule has 0 spiro atoms. The third-order valence-electron chi connectivity index (χ3n) is 8.10. The molecular weight excluding hydrogens is 524 g/mol. The third kappa shape index (κ3) is 4.61. The van der Waals surface area contributed by atoms with E-state index in [4.69, 9.17) is 4.18 Å². The van der Waals surface area contributed by atoms with E-state index in [2.05, 4.69) is 18.3 Å². The molecule has 3 aromatic rings. The van der Waals surface area contributed by atoms with Crippen LogP contribution in [0.3, 0.4) is 0 Å². The number of ketones is 2. The number of nitrogens with one attached hydrogen (secondary N) is 1. The lowest BCUT2D eigenvalue weighted by molar-refractivity contribution is -0.118. The van der Waals surface area contributed by atoms with Gasteiger partial charge in [0.1, 0.15) is 0 Å². The van der Waals surface area contributed by atoms with Gasteiger partial charge in [-0.1, -0.05) is 61.5 Å². The average Bonchev–Trinajstić information content (AvgIpc) is 3.36. The number of amides is 1. The zero-order valence-electron chi connectivity index (χ0n) is 22.4. The van der Waals surface area contributed by atoms with Crippen LogP contribution in [0, 0.1) is 5.92 Å². The maximum Gasteiger partial charge on any atom is 0.264 e. The first-order valence-electron chi connectivity index (χ1n) is 13.5. The van der Waals surface area contributed by atoms with Gasteiger partial charge in [0.05, 0.1) is 18.6 Å². The highest BCUT2D eigenvalue weighted by Crippen LogP contribution is 2.51. The van der Waals surface area contributed by atoms with Gasteiger partial charge in [-0.15, -0.1) is 0 Å². The highest BCUT2D eigenvalue weighted by atomic mass is 32.2. The first-order valence-corrected chi connectivity index (χ1v) is 14.6. The van der Waals surface area contributed by atoms with Gasteiger partial charge >= 0.3 is 0 Å². The predicted octanol–water partition coefficient (Wildman–Crippen LogP) is 5.66. The molecule has 3 aliphatic rings. The number of nitrogens with zero attached hydrogens (tertiary/aromatic N) is 1. The van der Waals surface area contributed by atoms with Gasteiger partial charge in [-0.25, -0.2) is 4.21 Å². The molecule has 1 heterocycles.